The van der Waals surface area contributed by atoms with Crippen LogP contribution in [0.3, 0.4) is 0 Å². The van der Waals surface area contributed by atoms with Crippen LogP contribution in [0.2, 0.25) is 0 Å². The highest BCUT2D eigenvalue weighted by atomic mass is 16.4. The molecule has 0 radical (unpaired) electrons. The van der Waals surface area contributed by atoms with Gasteiger partial charge in [-0.3, -0.25) is 0 Å². The fraction of sp³-hybridized carbons (Fsp3) is 0.188. The zero-order valence-electron chi connectivity index (χ0n) is 11.7. The largest absolute Gasteiger partial charge is 0.409 e. The summed E-state index contributed by atoms with van der Waals surface area (Å²) < 4.78 is 0. The molecule has 104 valence electrons. The second-order valence-corrected chi connectivity index (χ2v) is 4.85. The number of hydrogen-bond acceptors (Lipinski definition) is 3. The molecule has 2 aromatic carbocycles. The third kappa shape index (κ3) is 3.29. The second-order valence-electron chi connectivity index (χ2n) is 4.85. The van der Waals surface area contributed by atoms with Gasteiger partial charge in [0.2, 0.25) is 0 Å². The first-order valence-electron chi connectivity index (χ1n) is 6.48. The Hall–Kier alpha value is -2.49. The van der Waals surface area contributed by atoms with Crippen molar-refractivity contribution in [3.63, 3.8) is 0 Å². The van der Waals surface area contributed by atoms with Gasteiger partial charge >= 0.3 is 0 Å². The molecule has 0 heterocycles. The van der Waals surface area contributed by atoms with Gasteiger partial charge in [-0.25, -0.2) is 0 Å². The lowest BCUT2D eigenvalue weighted by Gasteiger charge is -2.11. The van der Waals surface area contributed by atoms with E-state index in [1.807, 2.05) is 37.3 Å². The third-order valence-corrected chi connectivity index (χ3v) is 3.25. The lowest BCUT2D eigenvalue weighted by Crippen LogP contribution is -2.13. The van der Waals surface area contributed by atoms with Gasteiger partial charge in [-0.05, 0) is 48.7 Å². The number of nitrogens with two attached hydrogens (primary N) is 1. The average molecular weight is 269 g/mol. The Morgan fingerprint density at radius 3 is 2.65 bits per heavy atom. The topological polar surface area (TPSA) is 70.6 Å². The van der Waals surface area contributed by atoms with Crippen molar-refractivity contribution >= 4 is 11.5 Å². The van der Waals surface area contributed by atoms with Crippen molar-refractivity contribution in [3.8, 4) is 0 Å². The number of benzene rings is 2. The van der Waals surface area contributed by atoms with Crippen LogP contribution in [-0.2, 0) is 6.54 Å². The summed E-state index contributed by atoms with van der Waals surface area (Å²) in [5.41, 5.74) is 10.9. The molecule has 0 bridgehead atoms. The van der Waals surface area contributed by atoms with E-state index in [1.165, 1.54) is 11.1 Å². The number of aryl methyl sites for hydroxylation is 2. The first kappa shape index (κ1) is 13.9. The summed E-state index contributed by atoms with van der Waals surface area (Å²) in [5, 5.41) is 15.1. The van der Waals surface area contributed by atoms with Crippen LogP contribution in [-0.4, -0.2) is 11.0 Å². The summed E-state index contributed by atoms with van der Waals surface area (Å²) in [6.45, 7) is 4.83. The Bertz CT molecular complexity index is 635. The summed E-state index contributed by atoms with van der Waals surface area (Å²) in [6, 6.07) is 14.0. The van der Waals surface area contributed by atoms with Gasteiger partial charge in [0.1, 0.15) is 0 Å². The molecule has 0 aliphatic heterocycles. The van der Waals surface area contributed by atoms with E-state index in [0.29, 0.717) is 0 Å². The van der Waals surface area contributed by atoms with Crippen LogP contribution in [0.5, 0.6) is 0 Å². The zero-order chi connectivity index (χ0) is 14.5. The Labute approximate surface area is 118 Å². The normalized spacial score (nSPS) is 11.4. The van der Waals surface area contributed by atoms with E-state index in [-0.39, 0.29) is 5.84 Å². The van der Waals surface area contributed by atoms with Crippen molar-refractivity contribution in [2.75, 3.05) is 5.32 Å². The molecule has 0 spiro atoms. The fourth-order valence-electron chi connectivity index (χ4n) is 2.06. The Morgan fingerprint density at radius 1 is 1.20 bits per heavy atom. The molecule has 0 saturated carbocycles. The molecule has 0 aliphatic rings. The number of rotatable bonds is 4. The smallest absolute Gasteiger partial charge is 0.170 e. The quantitative estimate of drug-likeness (QED) is 0.346. The predicted molar refractivity (Wildman–Crippen MR) is 82.2 cm³/mol. The van der Waals surface area contributed by atoms with Gasteiger partial charge in [-0.15, -0.1) is 0 Å². The minimum absolute atomic E-state index is 0.131. The molecule has 0 saturated heterocycles. The highest BCUT2D eigenvalue weighted by Gasteiger charge is 2.03. The highest BCUT2D eigenvalue weighted by Crippen LogP contribution is 2.15. The van der Waals surface area contributed by atoms with Crippen molar-refractivity contribution in [1.29, 1.82) is 0 Å². The molecule has 20 heavy (non-hydrogen) atoms. The van der Waals surface area contributed by atoms with Gasteiger partial charge in [-0.2, -0.15) is 0 Å². The molecular weight excluding hydrogens is 250 g/mol. The van der Waals surface area contributed by atoms with E-state index in [9.17, 15) is 0 Å². The summed E-state index contributed by atoms with van der Waals surface area (Å²) in [5.74, 6) is 0.131. The number of hydrogen-bond donors (Lipinski definition) is 3. The van der Waals surface area contributed by atoms with Crippen molar-refractivity contribution in [1.82, 2.24) is 0 Å². The third-order valence-electron chi connectivity index (χ3n) is 3.25. The summed E-state index contributed by atoms with van der Waals surface area (Å²) in [4.78, 5) is 0. The maximum Gasteiger partial charge on any atom is 0.170 e. The summed E-state index contributed by atoms with van der Waals surface area (Å²) >= 11 is 0. The van der Waals surface area contributed by atoms with Crippen LogP contribution in [0.4, 0.5) is 5.69 Å². The van der Waals surface area contributed by atoms with Crippen LogP contribution < -0.4 is 11.1 Å². The van der Waals surface area contributed by atoms with Crippen LogP contribution in [0.1, 0.15) is 22.3 Å². The number of nitrogens with one attached hydrogen (secondary N) is 1. The Balaban J connectivity index is 2.11. The van der Waals surface area contributed by atoms with Crippen LogP contribution in [0.25, 0.3) is 0 Å². The minimum atomic E-state index is 0.131. The van der Waals surface area contributed by atoms with Crippen LogP contribution >= 0.6 is 0 Å². The van der Waals surface area contributed by atoms with E-state index < -0.39 is 0 Å². The maximum atomic E-state index is 8.68. The van der Waals surface area contributed by atoms with E-state index in [2.05, 4.69) is 29.5 Å². The predicted octanol–water partition coefficient (Wildman–Crippen LogP) is 3.01. The van der Waals surface area contributed by atoms with Gasteiger partial charge in [0.25, 0.3) is 0 Å². The standard InChI is InChI=1S/C16H19N3O/c1-11-4-3-5-15(8-11)18-10-14-7-6-13(9-12(14)2)16(17)19-20/h3-9,18,20H,10H2,1-2H3,(H2,17,19). The van der Waals surface area contributed by atoms with E-state index in [0.717, 1.165) is 23.4 Å². The monoisotopic (exact) mass is 269 g/mol. The highest BCUT2D eigenvalue weighted by molar-refractivity contribution is 5.97. The van der Waals surface area contributed by atoms with E-state index in [4.69, 9.17) is 10.9 Å². The number of amidine groups is 1. The molecular formula is C16H19N3O. The minimum Gasteiger partial charge on any atom is -0.409 e. The Morgan fingerprint density at radius 2 is 2.00 bits per heavy atom. The summed E-state index contributed by atoms with van der Waals surface area (Å²) in [7, 11) is 0. The van der Waals surface area contributed by atoms with Gasteiger partial charge < -0.3 is 16.3 Å². The van der Waals surface area contributed by atoms with Crippen molar-refractivity contribution in [3.05, 3.63) is 64.7 Å². The first-order chi connectivity index (χ1) is 9.60. The zero-order valence-corrected chi connectivity index (χ0v) is 11.7. The van der Waals surface area contributed by atoms with Crippen molar-refractivity contribution in [2.24, 2.45) is 10.9 Å². The molecule has 2 aromatic rings. The molecule has 0 amide bonds. The summed E-state index contributed by atoms with van der Waals surface area (Å²) in [6.07, 6.45) is 0. The molecule has 0 aromatic heterocycles. The van der Waals surface area contributed by atoms with Gasteiger partial charge in [0.15, 0.2) is 5.84 Å². The SMILES string of the molecule is Cc1cccc(NCc2ccc(/C(N)=N/O)cc2C)c1. The lowest BCUT2D eigenvalue weighted by molar-refractivity contribution is 0.318. The molecule has 4 N–H and O–H groups in total. The average Bonchev–Trinajstić information content (AvgIpc) is 2.45. The molecule has 0 aliphatic carbocycles. The van der Waals surface area contributed by atoms with Gasteiger partial charge in [-0.1, -0.05) is 29.4 Å². The van der Waals surface area contributed by atoms with Gasteiger partial charge in [0, 0.05) is 17.8 Å². The number of nitrogens with zero attached hydrogens (tertiary/aromatic N) is 1. The first-order valence-corrected chi connectivity index (χ1v) is 6.48. The van der Waals surface area contributed by atoms with Crippen molar-refractivity contribution < 1.29 is 5.21 Å². The number of oxime groups is 1. The van der Waals surface area contributed by atoms with Gasteiger partial charge in [0.05, 0.1) is 0 Å². The lowest BCUT2D eigenvalue weighted by atomic mass is 10.0. The van der Waals surface area contributed by atoms with E-state index in [1.54, 1.807) is 0 Å². The number of anilines is 1. The molecule has 2 rings (SSSR count). The Kier molecular flexibility index (Phi) is 4.25. The molecule has 0 fully saturated rings. The van der Waals surface area contributed by atoms with Crippen LogP contribution in [0.15, 0.2) is 47.6 Å². The molecule has 0 unspecified atom stereocenters. The molecule has 4 heteroatoms. The van der Waals surface area contributed by atoms with Crippen molar-refractivity contribution in [2.45, 2.75) is 20.4 Å². The maximum absolute atomic E-state index is 8.68. The van der Waals surface area contributed by atoms with Crippen LogP contribution in [0, 0.1) is 13.8 Å². The van der Waals surface area contributed by atoms with E-state index >= 15 is 0 Å². The molecule has 4 nitrogen and oxygen atoms in total. The second kappa shape index (κ2) is 6.10. The molecule has 0 atom stereocenters. The fourth-order valence-corrected chi connectivity index (χ4v) is 2.06.